The first-order valence-corrected chi connectivity index (χ1v) is 7.23. The van der Waals surface area contributed by atoms with Crippen LogP contribution in [0.2, 0.25) is 0 Å². The fraction of sp³-hybridized carbons (Fsp3) is 0.167. The number of sulfonamides is 1. The minimum Gasteiger partial charge on any atom is -0.478 e. The van der Waals surface area contributed by atoms with Gasteiger partial charge in [-0.25, -0.2) is 13.2 Å². The van der Waals surface area contributed by atoms with Crippen LogP contribution in [-0.2, 0) is 14.8 Å². The molecule has 0 saturated carbocycles. The number of anilines is 1. The van der Waals surface area contributed by atoms with Gasteiger partial charge in [-0.3, -0.25) is 9.10 Å². The van der Waals surface area contributed by atoms with Gasteiger partial charge in [-0.15, -0.1) is 0 Å². The molecule has 1 aromatic carbocycles. The summed E-state index contributed by atoms with van der Waals surface area (Å²) in [5, 5.41) is 11.4. The Morgan fingerprint density at radius 1 is 1.40 bits per heavy atom. The van der Waals surface area contributed by atoms with Gasteiger partial charge in [-0.1, -0.05) is 6.08 Å². The lowest BCUT2D eigenvalue weighted by Crippen LogP contribution is -2.38. The highest BCUT2D eigenvalue weighted by atomic mass is 32.2. The number of rotatable bonds is 1. The first kappa shape index (κ1) is 12.7. The quantitative estimate of drug-likeness (QED) is 0.790. The number of nitrogens with zero attached hydrogens (tertiary/aromatic N) is 1. The summed E-state index contributed by atoms with van der Waals surface area (Å²) in [6.07, 6.45) is 3.27. The van der Waals surface area contributed by atoms with Crippen LogP contribution in [0.25, 0.3) is 0 Å². The molecule has 1 amide bonds. The van der Waals surface area contributed by atoms with Gasteiger partial charge in [-0.2, -0.15) is 0 Å². The lowest BCUT2D eigenvalue weighted by atomic mass is 10.2. The van der Waals surface area contributed by atoms with Gasteiger partial charge in [0, 0.05) is 6.20 Å². The van der Waals surface area contributed by atoms with Gasteiger partial charge in [-0.05, 0) is 24.6 Å². The van der Waals surface area contributed by atoms with Crippen molar-refractivity contribution < 1.29 is 23.1 Å². The highest BCUT2D eigenvalue weighted by molar-refractivity contribution is 7.89. The molecule has 0 spiro atoms. The molecule has 0 saturated heterocycles. The van der Waals surface area contributed by atoms with Crippen LogP contribution < -0.4 is 5.32 Å². The van der Waals surface area contributed by atoms with Crippen LogP contribution in [0.3, 0.4) is 0 Å². The second-order valence-corrected chi connectivity index (χ2v) is 6.29. The summed E-state index contributed by atoms with van der Waals surface area (Å²) in [5.74, 6) is -1.66. The molecule has 1 aromatic rings. The van der Waals surface area contributed by atoms with E-state index in [1.807, 2.05) is 0 Å². The van der Waals surface area contributed by atoms with Crippen molar-refractivity contribution in [1.82, 2.24) is 4.31 Å². The molecule has 7 nitrogen and oxygen atoms in total. The fourth-order valence-corrected chi connectivity index (χ4v) is 3.91. The normalized spacial score (nSPS) is 22.7. The zero-order valence-electron chi connectivity index (χ0n) is 10.1. The van der Waals surface area contributed by atoms with Crippen LogP contribution in [-0.4, -0.2) is 35.7 Å². The van der Waals surface area contributed by atoms with Crippen molar-refractivity contribution in [2.75, 3.05) is 5.32 Å². The van der Waals surface area contributed by atoms with E-state index < -0.39 is 27.9 Å². The maximum Gasteiger partial charge on any atom is 0.335 e. The van der Waals surface area contributed by atoms with E-state index in [9.17, 15) is 18.0 Å². The Balaban J connectivity index is 2.22. The Hall–Kier alpha value is -2.35. The molecule has 2 heterocycles. The largest absolute Gasteiger partial charge is 0.478 e. The lowest BCUT2D eigenvalue weighted by molar-refractivity contribution is -0.118. The predicted octanol–water partition coefficient (Wildman–Crippen LogP) is 0.614. The summed E-state index contributed by atoms with van der Waals surface area (Å²) in [7, 11) is -3.86. The monoisotopic (exact) mass is 294 g/mol. The van der Waals surface area contributed by atoms with Crippen LogP contribution in [0.15, 0.2) is 35.4 Å². The Morgan fingerprint density at radius 2 is 2.15 bits per heavy atom. The molecule has 1 atom stereocenters. The van der Waals surface area contributed by atoms with Gasteiger partial charge in [0.2, 0.25) is 5.91 Å². The topological polar surface area (TPSA) is 104 Å². The standard InChI is InChI=1S/C12H10N2O5S/c15-11-9-2-1-5-14(9)20(18,19)10-4-3-7(12(16)17)6-8(10)13-11/h1,3-6,9H,2H2,(H,13,15)(H,16,17). The molecule has 20 heavy (non-hydrogen) atoms. The van der Waals surface area contributed by atoms with E-state index in [-0.39, 0.29) is 16.1 Å². The number of fused-ring (bicyclic) bond motifs is 2. The Morgan fingerprint density at radius 3 is 2.85 bits per heavy atom. The molecule has 104 valence electrons. The first-order valence-electron chi connectivity index (χ1n) is 5.79. The molecular weight excluding hydrogens is 284 g/mol. The number of hydrogen-bond acceptors (Lipinski definition) is 4. The zero-order valence-corrected chi connectivity index (χ0v) is 10.9. The van der Waals surface area contributed by atoms with Gasteiger partial charge in [0.25, 0.3) is 10.0 Å². The average Bonchev–Trinajstić information content (AvgIpc) is 2.85. The van der Waals surface area contributed by atoms with Crippen molar-refractivity contribution in [2.45, 2.75) is 17.4 Å². The average molecular weight is 294 g/mol. The molecule has 2 N–H and O–H groups in total. The minimum atomic E-state index is -3.86. The smallest absolute Gasteiger partial charge is 0.335 e. The van der Waals surface area contributed by atoms with E-state index in [0.717, 1.165) is 10.4 Å². The Kier molecular flexibility index (Phi) is 2.58. The number of nitrogens with one attached hydrogen (secondary N) is 1. The zero-order chi connectivity index (χ0) is 14.5. The van der Waals surface area contributed by atoms with Crippen LogP contribution in [0.4, 0.5) is 5.69 Å². The van der Waals surface area contributed by atoms with Gasteiger partial charge >= 0.3 is 5.97 Å². The first-order chi connectivity index (χ1) is 9.41. The van der Waals surface area contributed by atoms with Crippen LogP contribution >= 0.6 is 0 Å². The molecule has 1 unspecified atom stereocenters. The van der Waals surface area contributed by atoms with E-state index in [1.54, 1.807) is 6.08 Å². The fourth-order valence-electron chi connectivity index (χ4n) is 2.29. The van der Waals surface area contributed by atoms with E-state index in [1.165, 1.54) is 18.3 Å². The molecule has 0 aliphatic carbocycles. The number of carbonyl (C=O) groups excluding carboxylic acids is 1. The number of hydrogen-bond donors (Lipinski definition) is 2. The summed E-state index contributed by atoms with van der Waals surface area (Å²) in [5.41, 5.74) is -0.0884. The van der Waals surface area contributed by atoms with Gasteiger partial charge in [0.1, 0.15) is 10.9 Å². The van der Waals surface area contributed by atoms with Crippen molar-refractivity contribution in [2.24, 2.45) is 0 Å². The summed E-state index contributed by atoms with van der Waals surface area (Å²) in [4.78, 5) is 22.8. The third-order valence-corrected chi connectivity index (χ3v) is 5.10. The lowest BCUT2D eigenvalue weighted by Gasteiger charge is -2.20. The summed E-state index contributed by atoms with van der Waals surface area (Å²) in [6, 6.07) is 2.73. The van der Waals surface area contributed by atoms with E-state index in [4.69, 9.17) is 5.11 Å². The molecule has 2 aliphatic rings. The number of benzene rings is 1. The van der Waals surface area contributed by atoms with E-state index in [0.29, 0.717) is 6.42 Å². The van der Waals surface area contributed by atoms with Crippen molar-refractivity contribution in [3.05, 3.63) is 36.0 Å². The molecule has 0 bridgehead atoms. The minimum absolute atomic E-state index is 0.00213. The van der Waals surface area contributed by atoms with Crippen molar-refractivity contribution in [1.29, 1.82) is 0 Å². The summed E-state index contributed by atoms with van der Waals surface area (Å²) >= 11 is 0. The van der Waals surface area contributed by atoms with Crippen LogP contribution in [0.5, 0.6) is 0 Å². The third kappa shape index (κ3) is 1.68. The second-order valence-electron chi connectivity index (χ2n) is 4.48. The van der Waals surface area contributed by atoms with E-state index in [2.05, 4.69) is 5.32 Å². The highest BCUT2D eigenvalue weighted by Crippen LogP contribution is 2.33. The third-order valence-electron chi connectivity index (χ3n) is 3.26. The molecule has 0 radical (unpaired) electrons. The molecule has 0 fully saturated rings. The Labute approximate surface area is 114 Å². The predicted molar refractivity (Wildman–Crippen MR) is 68.6 cm³/mol. The molecule has 3 rings (SSSR count). The van der Waals surface area contributed by atoms with Crippen LogP contribution in [0.1, 0.15) is 16.8 Å². The van der Waals surface area contributed by atoms with Gasteiger partial charge < -0.3 is 10.4 Å². The second kappa shape index (κ2) is 4.07. The Bertz CT molecular complexity index is 753. The molecule has 0 aromatic heterocycles. The maximum absolute atomic E-state index is 12.5. The van der Waals surface area contributed by atoms with Gasteiger partial charge in [0.05, 0.1) is 11.3 Å². The molecular formula is C12H10N2O5S. The number of carbonyl (C=O) groups is 2. The van der Waals surface area contributed by atoms with Gasteiger partial charge in [0.15, 0.2) is 0 Å². The van der Waals surface area contributed by atoms with Crippen LogP contribution in [0, 0.1) is 0 Å². The number of carboxylic acids is 1. The molecule has 8 heteroatoms. The SMILES string of the molecule is O=C(O)c1ccc2c(c1)NC(=O)C1CC=CN1S2(=O)=O. The van der Waals surface area contributed by atoms with Crippen molar-refractivity contribution in [3.63, 3.8) is 0 Å². The molecule has 2 aliphatic heterocycles. The van der Waals surface area contributed by atoms with Crippen molar-refractivity contribution in [3.8, 4) is 0 Å². The number of amides is 1. The highest BCUT2D eigenvalue weighted by Gasteiger charge is 2.40. The summed E-state index contributed by atoms with van der Waals surface area (Å²) in [6.45, 7) is 0. The van der Waals surface area contributed by atoms with Crippen molar-refractivity contribution >= 4 is 27.6 Å². The summed E-state index contributed by atoms with van der Waals surface area (Å²) < 4.78 is 25.9. The van der Waals surface area contributed by atoms with E-state index >= 15 is 0 Å². The maximum atomic E-state index is 12.5. The number of aromatic carboxylic acids is 1. The number of carboxylic acid groups (broad SMARTS) is 1.